The fourth-order valence-electron chi connectivity index (χ4n) is 3.92. The van der Waals surface area contributed by atoms with Gasteiger partial charge >= 0.3 is 0 Å². The second kappa shape index (κ2) is 9.83. The monoisotopic (exact) mass is 444 g/mol. The van der Waals surface area contributed by atoms with Crippen LogP contribution in [0.1, 0.15) is 56.7 Å². The standard InChI is InChI=1S/C24H32N2O4S/c1-17(2)20-12-13-22(30-4)23(15-20)31(28,29)26-14-8-11-21(16-26)24(27)25-18(3)19-9-6-5-7-10-19/h5-7,9-10,12-13,15,17-18,21H,8,11,14,16H2,1-4H3,(H,25,27)/t18-,21-/m0/s1. The second-order valence-corrected chi connectivity index (χ2v) is 10.3. The van der Waals surface area contributed by atoms with Crippen LogP contribution in [0.25, 0.3) is 0 Å². The summed E-state index contributed by atoms with van der Waals surface area (Å²) in [6.07, 6.45) is 1.31. The van der Waals surface area contributed by atoms with E-state index >= 15 is 0 Å². The molecule has 0 radical (unpaired) electrons. The fraction of sp³-hybridized carbons (Fsp3) is 0.458. The maximum absolute atomic E-state index is 13.5. The van der Waals surface area contributed by atoms with E-state index in [9.17, 15) is 13.2 Å². The second-order valence-electron chi connectivity index (χ2n) is 8.41. The molecule has 2 aromatic carbocycles. The van der Waals surface area contributed by atoms with Crippen LogP contribution in [0, 0.1) is 5.92 Å². The first kappa shape index (κ1) is 23.3. The van der Waals surface area contributed by atoms with E-state index in [1.165, 1.54) is 11.4 Å². The van der Waals surface area contributed by atoms with Crippen molar-refractivity contribution in [1.29, 1.82) is 0 Å². The topological polar surface area (TPSA) is 75.7 Å². The zero-order valence-corrected chi connectivity index (χ0v) is 19.5. The minimum absolute atomic E-state index is 0.112. The van der Waals surface area contributed by atoms with Crippen LogP contribution in [0.3, 0.4) is 0 Å². The van der Waals surface area contributed by atoms with Gasteiger partial charge in [-0.3, -0.25) is 4.79 Å². The number of benzene rings is 2. The van der Waals surface area contributed by atoms with Crippen molar-refractivity contribution < 1.29 is 17.9 Å². The van der Waals surface area contributed by atoms with Crippen molar-refractivity contribution >= 4 is 15.9 Å². The van der Waals surface area contributed by atoms with Crippen molar-refractivity contribution in [3.63, 3.8) is 0 Å². The molecule has 168 valence electrons. The molecule has 0 aliphatic carbocycles. The van der Waals surface area contributed by atoms with E-state index in [0.717, 1.165) is 11.1 Å². The normalized spacial score (nSPS) is 18.5. The number of carbonyl (C=O) groups excluding carboxylic acids is 1. The molecular formula is C24H32N2O4S. The van der Waals surface area contributed by atoms with Gasteiger partial charge in [0, 0.05) is 13.1 Å². The average Bonchev–Trinajstić information content (AvgIpc) is 2.79. The van der Waals surface area contributed by atoms with Gasteiger partial charge in [0.2, 0.25) is 15.9 Å². The molecule has 6 nitrogen and oxygen atoms in total. The summed E-state index contributed by atoms with van der Waals surface area (Å²) in [4.78, 5) is 13.1. The van der Waals surface area contributed by atoms with Crippen LogP contribution in [0.2, 0.25) is 0 Å². The Labute approximate surface area is 185 Å². The van der Waals surface area contributed by atoms with Crippen molar-refractivity contribution in [2.75, 3.05) is 20.2 Å². The fourth-order valence-corrected chi connectivity index (χ4v) is 5.64. The van der Waals surface area contributed by atoms with Gasteiger partial charge < -0.3 is 10.1 Å². The van der Waals surface area contributed by atoms with Gasteiger partial charge in [-0.2, -0.15) is 4.31 Å². The number of methoxy groups -OCH3 is 1. The van der Waals surface area contributed by atoms with Crippen LogP contribution in [0.5, 0.6) is 5.75 Å². The lowest BCUT2D eigenvalue weighted by Gasteiger charge is -2.32. The summed E-state index contributed by atoms with van der Waals surface area (Å²) in [6, 6.07) is 14.9. The van der Waals surface area contributed by atoms with Gasteiger partial charge in [-0.15, -0.1) is 0 Å². The molecule has 0 bridgehead atoms. The van der Waals surface area contributed by atoms with Crippen molar-refractivity contribution in [2.24, 2.45) is 5.92 Å². The van der Waals surface area contributed by atoms with E-state index in [1.807, 2.05) is 57.2 Å². The first-order valence-electron chi connectivity index (χ1n) is 10.8. The molecule has 1 aliphatic heterocycles. The molecule has 1 amide bonds. The summed E-state index contributed by atoms with van der Waals surface area (Å²) in [5.74, 6) is 0.0287. The van der Waals surface area contributed by atoms with Crippen molar-refractivity contribution in [3.05, 3.63) is 59.7 Å². The Morgan fingerprint density at radius 3 is 2.45 bits per heavy atom. The van der Waals surface area contributed by atoms with Crippen LogP contribution in [-0.4, -0.2) is 38.8 Å². The smallest absolute Gasteiger partial charge is 0.246 e. The summed E-state index contributed by atoms with van der Waals surface area (Å²) >= 11 is 0. The third-order valence-electron chi connectivity index (χ3n) is 5.89. The molecule has 2 aromatic rings. The highest BCUT2D eigenvalue weighted by Gasteiger charge is 2.35. The molecular weight excluding hydrogens is 412 g/mol. The molecule has 2 atom stereocenters. The highest BCUT2D eigenvalue weighted by molar-refractivity contribution is 7.89. The molecule has 1 heterocycles. The van der Waals surface area contributed by atoms with Gasteiger partial charge in [0.05, 0.1) is 19.1 Å². The van der Waals surface area contributed by atoms with Crippen LogP contribution in [0.15, 0.2) is 53.4 Å². The highest BCUT2D eigenvalue weighted by atomic mass is 32.2. The van der Waals surface area contributed by atoms with Gasteiger partial charge in [-0.25, -0.2) is 8.42 Å². The molecule has 1 N–H and O–H groups in total. The van der Waals surface area contributed by atoms with E-state index < -0.39 is 10.0 Å². The van der Waals surface area contributed by atoms with E-state index in [2.05, 4.69) is 5.32 Å². The Balaban J connectivity index is 1.78. The number of sulfonamides is 1. The average molecular weight is 445 g/mol. The molecule has 1 fully saturated rings. The lowest BCUT2D eigenvalue weighted by atomic mass is 9.98. The van der Waals surface area contributed by atoms with Crippen LogP contribution >= 0.6 is 0 Å². The van der Waals surface area contributed by atoms with Crippen LogP contribution in [-0.2, 0) is 14.8 Å². The summed E-state index contributed by atoms with van der Waals surface area (Å²) in [7, 11) is -2.31. The number of nitrogens with zero attached hydrogens (tertiary/aromatic N) is 1. The van der Waals surface area contributed by atoms with Crippen molar-refractivity contribution in [2.45, 2.75) is 50.5 Å². The third-order valence-corrected chi connectivity index (χ3v) is 7.77. The zero-order chi connectivity index (χ0) is 22.6. The van der Waals surface area contributed by atoms with Gasteiger partial charge in [-0.1, -0.05) is 50.2 Å². The van der Waals surface area contributed by atoms with E-state index in [4.69, 9.17) is 4.74 Å². The Hall–Kier alpha value is -2.38. The Bertz CT molecular complexity index is 1010. The van der Waals surface area contributed by atoms with Crippen LogP contribution < -0.4 is 10.1 Å². The predicted molar refractivity (Wildman–Crippen MR) is 122 cm³/mol. The largest absolute Gasteiger partial charge is 0.495 e. The minimum Gasteiger partial charge on any atom is -0.495 e. The lowest BCUT2D eigenvalue weighted by Crippen LogP contribution is -2.45. The minimum atomic E-state index is -3.78. The van der Waals surface area contributed by atoms with Gasteiger partial charge in [0.15, 0.2) is 0 Å². The quantitative estimate of drug-likeness (QED) is 0.698. The molecule has 31 heavy (non-hydrogen) atoms. The summed E-state index contributed by atoms with van der Waals surface area (Å²) in [5.41, 5.74) is 1.95. The Kier molecular flexibility index (Phi) is 7.38. The number of piperidine rings is 1. The number of ether oxygens (including phenoxy) is 1. The summed E-state index contributed by atoms with van der Waals surface area (Å²) < 4.78 is 33.7. The lowest BCUT2D eigenvalue weighted by molar-refractivity contribution is -0.126. The summed E-state index contributed by atoms with van der Waals surface area (Å²) in [6.45, 7) is 6.55. The number of hydrogen-bond acceptors (Lipinski definition) is 4. The van der Waals surface area contributed by atoms with Gasteiger partial charge in [0.1, 0.15) is 10.6 Å². The molecule has 3 rings (SSSR count). The molecule has 0 unspecified atom stereocenters. The number of hydrogen-bond donors (Lipinski definition) is 1. The maximum Gasteiger partial charge on any atom is 0.246 e. The van der Waals surface area contributed by atoms with Crippen molar-refractivity contribution in [1.82, 2.24) is 9.62 Å². The zero-order valence-electron chi connectivity index (χ0n) is 18.7. The molecule has 1 saturated heterocycles. The first-order chi connectivity index (χ1) is 14.7. The highest BCUT2D eigenvalue weighted by Crippen LogP contribution is 2.32. The number of amides is 1. The molecule has 0 aromatic heterocycles. The number of carbonyl (C=O) groups is 1. The number of rotatable bonds is 7. The predicted octanol–water partition coefficient (Wildman–Crippen LogP) is 4.10. The SMILES string of the molecule is COc1ccc(C(C)C)cc1S(=O)(=O)N1CCC[C@H](C(=O)N[C@@H](C)c2ccccc2)C1. The van der Waals surface area contributed by atoms with Crippen LogP contribution in [0.4, 0.5) is 0 Å². The van der Waals surface area contributed by atoms with Gasteiger partial charge in [-0.05, 0) is 48.9 Å². The molecule has 0 saturated carbocycles. The Morgan fingerprint density at radius 2 is 1.81 bits per heavy atom. The molecule has 7 heteroatoms. The summed E-state index contributed by atoms with van der Waals surface area (Å²) in [5, 5.41) is 3.04. The Morgan fingerprint density at radius 1 is 1.10 bits per heavy atom. The van der Waals surface area contributed by atoms with Crippen molar-refractivity contribution in [3.8, 4) is 5.75 Å². The molecule has 0 spiro atoms. The third kappa shape index (κ3) is 5.28. The molecule has 1 aliphatic rings. The van der Waals surface area contributed by atoms with Gasteiger partial charge in [0.25, 0.3) is 0 Å². The van der Waals surface area contributed by atoms with E-state index in [-0.39, 0.29) is 35.2 Å². The number of nitrogens with one attached hydrogen (secondary N) is 1. The first-order valence-corrected chi connectivity index (χ1v) is 12.2. The maximum atomic E-state index is 13.5. The van der Waals surface area contributed by atoms with E-state index in [1.54, 1.807) is 12.1 Å². The van der Waals surface area contributed by atoms with E-state index in [0.29, 0.717) is 25.1 Å².